The van der Waals surface area contributed by atoms with Gasteiger partial charge in [0.2, 0.25) is 12.0 Å². The van der Waals surface area contributed by atoms with Crippen molar-refractivity contribution in [2.75, 3.05) is 26.4 Å². The Labute approximate surface area is 253 Å². The Hall–Kier alpha value is -4.69. The van der Waals surface area contributed by atoms with Gasteiger partial charge in [0.15, 0.2) is 0 Å². The summed E-state index contributed by atoms with van der Waals surface area (Å²) >= 11 is 0. The van der Waals surface area contributed by atoms with Crippen molar-refractivity contribution < 1.29 is 46.1 Å². The van der Waals surface area contributed by atoms with E-state index >= 15 is 0 Å². The van der Waals surface area contributed by atoms with Crippen molar-refractivity contribution in [2.45, 2.75) is 37.9 Å². The van der Waals surface area contributed by atoms with Gasteiger partial charge in [0.05, 0.1) is 25.4 Å². The van der Waals surface area contributed by atoms with E-state index in [1.54, 1.807) is 25.1 Å². The smallest absolute Gasteiger partial charge is 0.417 e. The summed E-state index contributed by atoms with van der Waals surface area (Å²) in [4.78, 5) is 21.0. The summed E-state index contributed by atoms with van der Waals surface area (Å²) in [6.45, 7) is 1.29. The quantitative estimate of drug-likeness (QED) is 0.0903. The van der Waals surface area contributed by atoms with E-state index in [1.807, 2.05) is 0 Å². The molecular weight excluding hydrogens is 598 g/mol. The lowest BCUT2D eigenvalue weighted by atomic mass is 9.98. The third-order valence-corrected chi connectivity index (χ3v) is 7.53. The number of rotatable bonds is 11. The zero-order valence-electron chi connectivity index (χ0n) is 24.0. The summed E-state index contributed by atoms with van der Waals surface area (Å²) in [5.74, 6) is -0.883. The van der Waals surface area contributed by atoms with Gasteiger partial charge in [-0.2, -0.15) is 13.2 Å². The van der Waals surface area contributed by atoms with Crippen molar-refractivity contribution in [1.29, 1.82) is 0 Å². The number of halogens is 4. The number of aromatic amines is 1. The molecule has 1 saturated carbocycles. The summed E-state index contributed by atoms with van der Waals surface area (Å²) in [7, 11) is 0. The molecule has 0 aliphatic heterocycles. The highest BCUT2D eigenvalue weighted by Gasteiger charge is 2.40. The lowest BCUT2D eigenvalue weighted by Gasteiger charge is -2.13. The Morgan fingerprint density at radius 2 is 1.98 bits per heavy atom. The molecular formula is C31H28F4N5O5+. The monoisotopic (exact) mass is 626 g/mol. The van der Waals surface area contributed by atoms with Crippen LogP contribution in [0.2, 0.25) is 0 Å². The van der Waals surface area contributed by atoms with Crippen LogP contribution in [0.3, 0.4) is 0 Å². The largest absolute Gasteiger partial charge is 0.458 e. The van der Waals surface area contributed by atoms with Gasteiger partial charge in [-0.05, 0) is 54.0 Å². The maximum Gasteiger partial charge on any atom is 0.417 e. The number of aliphatic hydroxyl groups excluding tert-OH is 1. The standard InChI is InChI=1S/C31H27F4N5O5/c1-17-20(3-2-4-23(17)32)29-37-25-15-36-40(16-26(25)38-29)28(30(42)44-12-11-43-10-9-41)27-14-24(39-45-27)21-8-7-19(18-5-6-18)13-22(21)31(33,34)35/h2-4,7-8,13-16,18,28,41H,5-6,9-12H2,1H3/p+1. The molecule has 1 unspecified atom stereocenters. The molecule has 2 aromatic carbocycles. The van der Waals surface area contributed by atoms with Crippen molar-refractivity contribution >= 4 is 17.0 Å². The van der Waals surface area contributed by atoms with Crippen molar-refractivity contribution in [3.05, 3.63) is 83.1 Å². The van der Waals surface area contributed by atoms with Crippen LogP contribution in [0.1, 0.15) is 47.3 Å². The number of esters is 1. The molecule has 3 aromatic heterocycles. The first-order chi connectivity index (χ1) is 21.6. The van der Waals surface area contributed by atoms with Crippen LogP contribution in [-0.2, 0) is 20.4 Å². The molecule has 2 N–H and O–H groups in total. The molecule has 1 aliphatic carbocycles. The van der Waals surface area contributed by atoms with Crippen LogP contribution in [0.15, 0.2) is 59.4 Å². The number of benzene rings is 2. The molecule has 5 aromatic rings. The van der Waals surface area contributed by atoms with Gasteiger partial charge in [0, 0.05) is 17.2 Å². The number of nitrogens with zero attached hydrogens (tertiary/aromatic N) is 4. The summed E-state index contributed by atoms with van der Waals surface area (Å²) in [6, 6.07) is 8.62. The van der Waals surface area contributed by atoms with E-state index in [0.717, 1.165) is 18.9 Å². The zero-order valence-corrected chi connectivity index (χ0v) is 24.0. The fourth-order valence-electron chi connectivity index (χ4n) is 5.05. The van der Waals surface area contributed by atoms with Gasteiger partial charge < -0.3 is 24.1 Å². The van der Waals surface area contributed by atoms with Gasteiger partial charge in [0.25, 0.3) is 0 Å². The average molecular weight is 627 g/mol. The van der Waals surface area contributed by atoms with Crippen LogP contribution >= 0.6 is 0 Å². The first-order valence-corrected chi connectivity index (χ1v) is 14.2. The van der Waals surface area contributed by atoms with Crippen molar-refractivity contribution in [2.24, 2.45) is 0 Å². The van der Waals surface area contributed by atoms with E-state index in [2.05, 4.69) is 20.2 Å². The summed E-state index contributed by atoms with van der Waals surface area (Å²) < 4.78 is 73.7. The van der Waals surface area contributed by atoms with Crippen LogP contribution in [0.4, 0.5) is 17.6 Å². The Bertz CT molecular complexity index is 1850. The highest BCUT2D eigenvalue weighted by atomic mass is 19.4. The lowest BCUT2D eigenvalue weighted by molar-refractivity contribution is -0.758. The van der Waals surface area contributed by atoms with E-state index < -0.39 is 29.6 Å². The maximum atomic E-state index is 14.2. The molecule has 0 saturated heterocycles. The third-order valence-electron chi connectivity index (χ3n) is 7.53. The minimum absolute atomic E-state index is 0.00299. The Morgan fingerprint density at radius 1 is 1.16 bits per heavy atom. The molecule has 1 aliphatic rings. The van der Waals surface area contributed by atoms with Gasteiger partial charge in [-0.3, -0.25) is 0 Å². The zero-order chi connectivity index (χ0) is 31.7. The Balaban J connectivity index is 1.37. The van der Waals surface area contributed by atoms with Crippen LogP contribution in [0.5, 0.6) is 0 Å². The predicted molar refractivity (Wildman–Crippen MR) is 150 cm³/mol. The molecule has 0 radical (unpaired) electrons. The number of hydrogen-bond donors (Lipinski definition) is 2. The fourth-order valence-corrected chi connectivity index (χ4v) is 5.05. The summed E-state index contributed by atoms with van der Waals surface area (Å²) in [5, 5.41) is 17.1. The number of aromatic nitrogens is 5. The van der Waals surface area contributed by atoms with E-state index in [0.29, 0.717) is 33.5 Å². The second kappa shape index (κ2) is 12.4. The number of aliphatic hydroxyl groups is 1. The molecule has 234 valence electrons. The van der Waals surface area contributed by atoms with Crippen LogP contribution < -0.4 is 4.68 Å². The number of nitrogens with one attached hydrogen (secondary N) is 1. The number of imidazole rings is 1. The summed E-state index contributed by atoms with van der Waals surface area (Å²) in [6.07, 6.45) is -0.125. The molecule has 0 bridgehead atoms. The molecule has 1 atom stereocenters. The minimum atomic E-state index is -4.65. The van der Waals surface area contributed by atoms with Crippen LogP contribution in [0, 0.1) is 12.7 Å². The Kier molecular flexibility index (Phi) is 8.34. The van der Waals surface area contributed by atoms with Crippen molar-refractivity contribution in [3.63, 3.8) is 0 Å². The molecule has 45 heavy (non-hydrogen) atoms. The van der Waals surface area contributed by atoms with E-state index in [1.165, 1.54) is 35.3 Å². The highest BCUT2D eigenvalue weighted by Crippen LogP contribution is 2.44. The number of carbonyl (C=O) groups is 1. The van der Waals surface area contributed by atoms with E-state index in [4.69, 9.17) is 19.1 Å². The topological polar surface area (TPSA) is 127 Å². The van der Waals surface area contributed by atoms with E-state index in [-0.39, 0.29) is 49.4 Å². The first kappa shape index (κ1) is 30.3. The second-order valence-electron chi connectivity index (χ2n) is 10.6. The number of hydrogen-bond acceptors (Lipinski definition) is 8. The summed E-state index contributed by atoms with van der Waals surface area (Å²) in [5.41, 5.74) is 1.22. The van der Waals surface area contributed by atoms with Crippen molar-refractivity contribution in [1.82, 2.24) is 20.2 Å². The predicted octanol–water partition coefficient (Wildman–Crippen LogP) is 5.05. The van der Waals surface area contributed by atoms with Gasteiger partial charge in [-0.25, -0.2) is 14.2 Å². The number of H-pyrrole nitrogens is 1. The Morgan fingerprint density at radius 3 is 2.73 bits per heavy atom. The highest BCUT2D eigenvalue weighted by molar-refractivity contribution is 5.79. The van der Waals surface area contributed by atoms with Crippen LogP contribution in [0.25, 0.3) is 33.7 Å². The molecule has 0 spiro atoms. The normalized spacial score (nSPS) is 14.2. The molecule has 0 amide bonds. The lowest BCUT2D eigenvalue weighted by Crippen LogP contribution is -2.48. The van der Waals surface area contributed by atoms with Gasteiger partial charge in [-0.1, -0.05) is 34.1 Å². The first-order valence-electron chi connectivity index (χ1n) is 14.2. The third kappa shape index (κ3) is 6.42. The molecule has 14 heteroatoms. The van der Waals surface area contributed by atoms with Gasteiger partial charge in [0.1, 0.15) is 41.2 Å². The van der Waals surface area contributed by atoms with Crippen LogP contribution in [-0.4, -0.2) is 57.7 Å². The molecule has 1 fully saturated rings. The number of ether oxygens (including phenoxy) is 2. The SMILES string of the molecule is Cc1c(F)cccc1-c1nc2cn[n+](C(C(=O)OCCOCCO)c3cc(-c4ccc(C5CC5)cc4C(F)(F)F)no3)cc2[nH]1. The molecule has 3 heterocycles. The van der Waals surface area contributed by atoms with Gasteiger partial charge >= 0.3 is 18.2 Å². The number of alkyl halides is 3. The maximum absolute atomic E-state index is 14.2. The van der Waals surface area contributed by atoms with Gasteiger partial charge in [-0.15, -0.1) is 0 Å². The average Bonchev–Trinajstić information content (AvgIpc) is 3.61. The number of carbonyl (C=O) groups excluding carboxylic acids is 1. The minimum Gasteiger partial charge on any atom is -0.458 e. The fraction of sp³-hybridized carbons (Fsp3) is 0.323. The number of fused-ring (bicyclic) bond motifs is 1. The molecule has 6 rings (SSSR count). The molecule has 10 nitrogen and oxygen atoms in total. The van der Waals surface area contributed by atoms with Crippen molar-refractivity contribution in [3.8, 4) is 22.6 Å². The van der Waals surface area contributed by atoms with E-state index in [9.17, 15) is 22.4 Å². The second-order valence-corrected chi connectivity index (χ2v) is 10.6.